The molecular formula is C25H17FO6S. The third kappa shape index (κ3) is 3.89. The summed E-state index contributed by atoms with van der Waals surface area (Å²) in [7, 11) is 0. The number of carbonyl (C=O) groups excluding carboxylic acids is 1. The quantitative estimate of drug-likeness (QED) is 0.223. The van der Waals surface area contributed by atoms with Crippen molar-refractivity contribution < 1.29 is 27.5 Å². The summed E-state index contributed by atoms with van der Waals surface area (Å²) in [5, 5.41) is 0.500. The van der Waals surface area contributed by atoms with E-state index in [9.17, 15) is 14.0 Å². The Morgan fingerprint density at radius 2 is 1.82 bits per heavy atom. The van der Waals surface area contributed by atoms with Crippen molar-refractivity contribution >= 4 is 38.6 Å². The Labute approximate surface area is 190 Å². The number of hydrogen-bond acceptors (Lipinski definition) is 7. The van der Waals surface area contributed by atoms with Gasteiger partial charge in [-0.3, -0.25) is 0 Å². The van der Waals surface area contributed by atoms with Crippen molar-refractivity contribution in [3.63, 3.8) is 0 Å². The van der Waals surface area contributed by atoms with Gasteiger partial charge in [0.1, 0.15) is 22.9 Å². The summed E-state index contributed by atoms with van der Waals surface area (Å²) in [6.45, 7) is 4.11. The first-order valence-electron chi connectivity index (χ1n) is 10.1. The van der Waals surface area contributed by atoms with Crippen molar-refractivity contribution in [3.8, 4) is 22.6 Å². The summed E-state index contributed by atoms with van der Waals surface area (Å²) in [6, 6.07) is 14.5. The normalized spacial score (nSPS) is 11.2. The van der Waals surface area contributed by atoms with Crippen LogP contribution < -0.4 is 14.4 Å². The molecule has 33 heavy (non-hydrogen) atoms. The van der Waals surface area contributed by atoms with E-state index >= 15 is 0 Å². The van der Waals surface area contributed by atoms with Crippen molar-refractivity contribution in [2.24, 2.45) is 0 Å². The molecule has 2 aromatic heterocycles. The van der Waals surface area contributed by atoms with Crippen LogP contribution in [0.1, 0.15) is 23.0 Å². The van der Waals surface area contributed by atoms with Gasteiger partial charge in [-0.15, -0.1) is 0 Å². The Hall–Kier alpha value is -3.91. The number of carbonyl (C=O) groups is 1. The zero-order valence-corrected chi connectivity index (χ0v) is 18.5. The van der Waals surface area contributed by atoms with Gasteiger partial charge in [-0.25, -0.2) is 14.0 Å². The number of rotatable bonds is 5. The summed E-state index contributed by atoms with van der Waals surface area (Å²) in [5.74, 6) is -0.231. The highest BCUT2D eigenvalue weighted by Crippen LogP contribution is 2.36. The van der Waals surface area contributed by atoms with Gasteiger partial charge in [-0.05, 0) is 55.8 Å². The van der Waals surface area contributed by atoms with Crippen LogP contribution in [0.15, 0.2) is 68.2 Å². The molecule has 0 aliphatic rings. The fraction of sp³-hybridized carbons (Fsp3) is 0.120. The molecule has 2 heterocycles. The molecular weight excluding hydrogens is 447 g/mol. The second kappa shape index (κ2) is 8.22. The zero-order valence-electron chi connectivity index (χ0n) is 17.6. The zero-order chi connectivity index (χ0) is 23.1. The van der Waals surface area contributed by atoms with E-state index in [1.165, 1.54) is 18.2 Å². The summed E-state index contributed by atoms with van der Waals surface area (Å²) >= 11 is 0.915. The third-order valence-corrected chi connectivity index (χ3v) is 5.95. The lowest BCUT2D eigenvalue weighted by Crippen LogP contribution is -2.08. The SMILES string of the molecule is CCOc1ccc(-c2cc(OC(=O)c3oc4ccc(F)cc4c3C)cc3sc(=O)oc23)cc1. The Bertz CT molecular complexity index is 1560. The minimum absolute atomic E-state index is 0.0151. The topological polar surface area (TPSA) is 78.9 Å². The van der Waals surface area contributed by atoms with E-state index in [1.54, 1.807) is 19.1 Å². The molecule has 166 valence electrons. The van der Waals surface area contributed by atoms with Crippen LogP contribution in [-0.2, 0) is 0 Å². The molecule has 0 fully saturated rings. The number of halogens is 1. The average molecular weight is 464 g/mol. The maximum atomic E-state index is 13.6. The predicted octanol–water partition coefficient (Wildman–Crippen LogP) is 6.33. The molecule has 0 bridgehead atoms. The van der Waals surface area contributed by atoms with Crippen LogP contribution in [0.4, 0.5) is 4.39 Å². The molecule has 5 aromatic rings. The maximum absolute atomic E-state index is 13.6. The minimum atomic E-state index is -0.725. The number of hydrogen-bond donors (Lipinski definition) is 0. The maximum Gasteiger partial charge on any atom is 0.396 e. The minimum Gasteiger partial charge on any atom is -0.494 e. The lowest BCUT2D eigenvalue weighted by atomic mass is 10.0. The van der Waals surface area contributed by atoms with E-state index in [4.69, 9.17) is 18.3 Å². The van der Waals surface area contributed by atoms with E-state index < -0.39 is 16.7 Å². The van der Waals surface area contributed by atoms with Gasteiger partial charge in [-0.2, -0.15) is 0 Å². The Kier molecular flexibility index (Phi) is 5.22. The summed E-state index contributed by atoms with van der Waals surface area (Å²) < 4.78 is 36.2. The van der Waals surface area contributed by atoms with Crippen LogP contribution in [0.3, 0.4) is 0 Å². The van der Waals surface area contributed by atoms with Gasteiger partial charge < -0.3 is 18.3 Å². The molecule has 0 atom stereocenters. The molecule has 0 unspecified atom stereocenters. The van der Waals surface area contributed by atoms with Crippen LogP contribution in [0.5, 0.6) is 11.5 Å². The van der Waals surface area contributed by atoms with E-state index in [2.05, 4.69) is 0 Å². The van der Waals surface area contributed by atoms with Crippen molar-refractivity contribution in [1.29, 1.82) is 0 Å². The van der Waals surface area contributed by atoms with Gasteiger partial charge in [0.25, 0.3) is 0 Å². The fourth-order valence-electron chi connectivity index (χ4n) is 3.66. The molecule has 0 spiro atoms. The van der Waals surface area contributed by atoms with Crippen LogP contribution in [0, 0.1) is 12.7 Å². The highest BCUT2D eigenvalue weighted by atomic mass is 32.1. The summed E-state index contributed by atoms with van der Waals surface area (Å²) in [5.41, 5.74) is 2.64. The number of aryl methyl sites for hydroxylation is 1. The highest BCUT2D eigenvalue weighted by Gasteiger charge is 2.22. The molecule has 5 rings (SSSR count). The van der Waals surface area contributed by atoms with E-state index in [-0.39, 0.29) is 11.5 Å². The van der Waals surface area contributed by atoms with Crippen LogP contribution >= 0.6 is 11.3 Å². The number of benzene rings is 3. The van der Waals surface area contributed by atoms with Gasteiger partial charge in [0.05, 0.1) is 11.3 Å². The number of esters is 1. The van der Waals surface area contributed by atoms with Crippen molar-refractivity contribution in [3.05, 3.63) is 81.5 Å². The summed E-state index contributed by atoms with van der Waals surface area (Å²) in [4.78, 5) is 24.3. The van der Waals surface area contributed by atoms with Crippen LogP contribution in [-0.4, -0.2) is 12.6 Å². The Balaban J connectivity index is 1.54. The van der Waals surface area contributed by atoms with Crippen LogP contribution in [0.25, 0.3) is 32.4 Å². The first-order valence-corrected chi connectivity index (χ1v) is 11.0. The molecule has 3 aromatic carbocycles. The van der Waals surface area contributed by atoms with Crippen molar-refractivity contribution in [2.75, 3.05) is 6.61 Å². The molecule has 0 saturated carbocycles. The Morgan fingerprint density at radius 3 is 2.58 bits per heavy atom. The number of ether oxygens (including phenoxy) is 2. The first kappa shape index (κ1) is 21.0. The lowest BCUT2D eigenvalue weighted by Gasteiger charge is -2.08. The van der Waals surface area contributed by atoms with Gasteiger partial charge >= 0.3 is 10.9 Å². The molecule has 0 N–H and O–H groups in total. The second-order valence-electron chi connectivity index (χ2n) is 7.30. The Morgan fingerprint density at radius 1 is 1.03 bits per heavy atom. The third-order valence-electron chi connectivity index (χ3n) is 5.18. The second-order valence-corrected chi connectivity index (χ2v) is 8.27. The molecule has 0 radical (unpaired) electrons. The standard InChI is InChI=1S/C25H17FO6S/c1-3-29-16-7-4-14(5-8-16)19-11-17(12-21-23(19)32-25(28)33-21)30-24(27)22-13(2)18-10-15(26)6-9-20(18)31-22/h4-12H,3H2,1-2H3. The van der Waals surface area contributed by atoms with Crippen LogP contribution in [0.2, 0.25) is 0 Å². The molecule has 0 aliphatic heterocycles. The smallest absolute Gasteiger partial charge is 0.396 e. The first-order chi connectivity index (χ1) is 15.9. The van der Waals surface area contributed by atoms with Crippen molar-refractivity contribution in [2.45, 2.75) is 13.8 Å². The summed E-state index contributed by atoms with van der Waals surface area (Å²) in [6.07, 6.45) is 0. The van der Waals surface area contributed by atoms with E-state index in [0.717, 1.165) is 16.9 Å². The molecule has 6 nitrogen and oxygen atoms in total. The number of furan rings is 1. The molecule has 0 aliphatic carbocycles. The van der Waals surface area contributed by atoms with Gasteiger partial charge in [0.15, 0.2) is 5.58 Å². The predicted molar refractivity (Wildman–Crippen MR) is 123 cm³/mol. The van der Waals surface area contributed by atoms with Gasteiger partial charge in [0, 0.05) is 22.6 Å². The van der Waals surface area contributed by atoms with Gasteiger partial charge in [0.2, 0.25) is 5.76 Å². The van der Waals surface area contributed by atoms with E-state index in [0.29, 0.717) is 44.7 Å². The molecule has 0 amide bonds. The highest BCUT2D eigenvalue weighted by molar-refractivity contribution is 7.16. The molecule has 8 heteroatoms. The fourth-order valence-corrected chi connectivity index (χ4v) is 4.39. The van der Waals surface area contributed by atoms with E-state index in [1.807, 2.05) is 31.2 Å². The lowest BCUT2D eigenvalue weighted by molar-refractivity contribution is 0.0703. The molecule has 0 saturated heterocycles. The van der Waals surface area contributed by atoms with Crippen molar-refractivity contribution in [1.82, 2.24) is 0 Å². The monoisotopic (exact) mass is 464 g/mol. The largest absolute Gasteiger partial charge is 0.494 e. The number of fused-ring (bicyclic) bond motifs is 2. The average Bonchev–Trinajstić information content (AvgIpc) is 3.33. The van der Waals surface area contributed by atoms with Gasteiger partial charge in [-0.1, -0.05) is 23.5 Å².